The maximum absolute atomic E-state index is 12.7. The van der Waals surface area contributed by atoms with Gasteiger partial charge >= 0.3 is 0 Å². The lowest BCUT2D eigenvalue weighted by molar-refractivity contribution is 0.770. The molecule has 1 aromatic heterocycles. The van der Waals surface area contributed by atoms with Crippen molar-refractivity contribution in [2.45, 2.75) is 27.7 Å². The van der Waals surface area contributed by atoms with Crippen molar-refractivity contribution in [1.82, 2.24) is 9.66 Å². The molecule has 5 heteroatoms. The topological polar surface area (TPSA) is 47.2 Å². The third kappa shape index (κ3) is 3.04. The molecule has 0 saturated carbocycles. The highest BCUT2D eigenvalue weighted by molar-refractivity contribution is 9.10. The fourth-order valence-electron chi connectivity index (χ4n) is 2.91. The molecule has 3 rings (SSSR count). The third-order valence-electron chi connectivity index (χ3n) is 4.01. The van der Waals surface area contributed by atoms with Gasteiger partial charge in [-0.3, -0.25) is 4.79 Å². The van der Waals surface area contributed by atoms with Gasteiger partial charge in [0, 0.05) is 10.0 Å². The van der Waals surface area contributed by atoms with E-state index in [4.69, 9.17) is 0 Å². The van der Waals surface area contributed by atoms with Gasteiger partial charge in [0.05, 0.1) is 17.1 Å². The van der Waals surface area contributed by atoms with Crippen LogP contribution < -0.4 is 5.56 Å². The average Bonchev–Trinajstić information content (AvgIpc) is 2.50. The van der Waals surface area contributed by atoms with Gasteiger partial charge in [0.25, 0.3) is 5.56 Å². The summed E-state index contributed by atoms with van der Waals surface area (Å²) in [6.07, 6.45) is 1.74. The molecule has 0 spiro atoms. The van der Waals surface area contributed by atoms with Crippen molar-refractivity contribution >= 4 is 33.0 Å². The van der Waals surface area contributed by atoms with E-state index in [9.17, 15) is 4.79 Å². The number of benzene rings is 2. The summed E-state index contributed by atoms with van der Waals surface area (Å²) in [6, 6.07) is 9.70. The lowest BCUT2D eigenvalue weighted by Gasteiger charge is -2.08. The van der Waals surface area contributed by atoms with Crippen molar-refractivity contribution in [3.8, 4) is 0 Å². The van der Waals surface area contributed by atoms with Gasteiger partial charge in [0.2, 0.25) is 0 Å². The van der Waals surface area contributed by atoms with Crippen LogP contribution in [-0.4, -0.2) is 15.9 Å². The largest absolute Gasteiger partial charge is 0.282 e. The molecule has 0 bridgehead atoms. The average molecular weight is 384 g/mol. The van der Waals surface area contributed by atoms with E-state index in [1.54, 1.807) is 19.2 Å². The molecule has 0 unspecified atom stereocenters. The van der Waals surface area contributed by atoms with Crippen molar-refractivity contribution in [3.05, 3.63) is 73.2 Å². The number of fused-ring (bicyclic) bond motifs is 1. The predicted molar refractivity (Wildman–Crippen MR) is 102 cm³/mol. The Morgan fingerprint density at radius 2 is 1.75 bits per heavy atom. The van der Waals surface area contributed by atoms with E-state index in [1.807, 2.05) is 26.0 Å². The summed E-state index contributed by atoms with van der Waals surface area (Å²) >= 11 is 3.40. The minimum atomic E-state index is -0.169. The monoisotopic (exact) mass is 383 g/mol. The van der Waals surface area contributed by atoms with E-state index >= 15 is 0 Å². The van der Waals surface area contributed by atoms with Crippen LogP contribution in [0.2, 0.25) is 0 Å². The first-order valence-electron chi connectivity index (χ1n) is 7.68. The first kappa shape index (κ1) is 16.6. The van der Waals surface area contributed by atoms with Crippen LogP contribution in [0.1, 0.15) is 28.1 Å². The van der Waals surface area contributed by atoms with Gasteiger partial charge in [-0.05, 0) is 57.0 Å². The smallest absolute Gasteiger partial charge is 0.267 e. The molecular formula is C19H18BrN3O. The summed E-state index contributed by atoms with van der Waals surface area (Å²) in [7, 11) is 0. The Morgan fingerprint density at radius 3 is 2.42 bits per heavy atom. The summed E-state index contributed by atoms with van der Waals surface area (Å²) in [5.41, 5.74) is 5.03. The molecule has 0 aliphatic rings. The van der Waals surface area contributed by atoms with Crippen LogP contribution in [-0.2, 0) is 0 Å². The zero-order chi connectivity index (χ0) is 17.4. The zero-order valence-electron chi connectivity index (χ0n) is 14.1. The summed E-state index contributed by atoms with van der Waals surface area (Å²) in [4.78, 5) is 17.2. The lowest BCUT2D eigenvalue weighted by Crippen LogP contribution is -2.20. The van der Waals surface area contributed by atoms with Crippen molar-refractivity contribution < 1.29 is 0 Å². The third-order valence-corrected chi connectivity index (χ3v) is 4.50. The number of aromatic nitrogens is 2. The van der Waals surface area contributed by atoms with Gasteiger partial charge < -0.3 is 0 Å². The molecule has 0 atom stereocenters. The molecular weight excluding hydrogens is 366 g/mol. The highest BCUT2D eigenvalue weighted by Gasteiger charge is 2.08. The Morgan fingerprint density at radius 1 is 1.08 bits per heavy atom. The van der Waals surface area contributed by atoms with Gasteiger partial charge in [-0.15, -0.1) is 0 Å². The second-order valence-corrected chi connectivity index (χ2v) is 6.91. The van der Waals surface area contributed by atoms with Crippen LogP contribution in [0.3, 0.4) is 0 Å². The summed E-state index contributed by atoms with van der Waals surface area (Å²) < 4.78 is 2.20. The number of hydrogen-bond donors (Lipinski definition) is 0. The van der Waals surface area contributed by atoms with Gasteiger partial charge in [0.15, 0.2) is 0 Å². The maximum Gasteiger partial charge on any atom is 0.282 e. The molecule has 0 fully saturated rings. The van der Waals surface area contributed by atoms with Crippen molar-refractivity contribution in [3.63, 3.8) is 0 Å². The normalized spacial score (nSPS) is 11.5. The Kier molecular flexibility index (Phi) is 4.37. The Bertz CT molecular complexity index is 1010. The number of halogens is 1. The molecule has 0 aliphatic heterocycles. The van der Waals surface area contributed by atoms with Crippen molar-refractivity contribution in [2.24, 2.45) is 5.10 Å². The fraction of sp³-hybridized carbons (Fsp3) is 0.211. The van der Waals surface area contributed by atoms with Crippen molar-refractivity contribution in [2.75, 3.05) is 0 Å². The maximum atomic E-state index is 12.7. The molecule has 0 N–H and O–H groups in total. The van der Waals surface area contributed by atoms with E-state index in [-0.39, 0.29) is 5.56 Å². The van der Waals surface area contributed by atoms with Crippen LogP contribution in [0.5, 0.6) is 0 Å². The van der Waals surface area contributed by atoms with Crippen LogP contribution in [0.25, 0.3) is 10.9 Å². The highest BCUT2D eigenvalue weighted by atomic mass is 79.9. The number of aryl methyl sites for hydroxylation is 4. The van der Waals surface area contributed by atoms with Crippen LogP contribution in [0.15, 0.2) is 44.7 Å². The summed E-state index contributed by atoms with van der Waals surface area (Å²) in [5, 5.41) is 4.95. The number of hydrogen-bond acceptors (Lipinski definition) is 3. The van der Waals surface area contributed by atoms with E-state index < -0.39 is 0 Å². The molecule has 0 saturated heterocycles. The zero-order valence-corrected chi connectivity index (χ0v) is 15.7. The van der Waals surface area contributed by atoms with E-state index in [1.165, 1.54) is 10.2 Å². The van der Waals surface area contributed by atoms with Crippen LogP contribution in [0, 0.1) is 27.7 Å². The molecule has 122 valence electrons. The first-order valence-corrected chi connectivity index (χ1v) is 8.47. The summed E-state index contributed by atoms with van der Waals surface area (Å²) in [5.74, 6) is 0.563. The molecule has 4 nitrogen and oxygen atoms in total. The van der Waals surface area contributed by atoms with E-state index in [2.05, 4.69) is 45.1 Å². The molecule has 24 heavy (non-hydrogen) atoms. The Balaban J connectivity index is 2.16. The highest BCUT2D eigenvalue weighted by Crippen LogP contribution is 2.17. The van der Waals surface area contributed by atoms with Gasteiger partial charge in [-0.1, -0.05) is 33.6 Å². The van der Waals surface area contributed by atoms with Gasteiger partial charge in [-0.25, -0.2) is 4.98 Å². The van der Waals surface area contributed by atoms with E-state index in [0.29, 0.717) is 16.7 Å². The SMILES string of the molecule is Cc1cc(C)c(C=Nn2c(C)nc3ccc(Br)cc3c2=O)c(C)c1. The minimum Gasteiger partial charge on any atom is -0.267 e. The van der Waals surface area contributed by atoms with Crippen LogP contribution in [0.4, 0.5) is 0 Å². The molecule has 0 aliphatic carbocycles. The minimum absolute atomic E-state index is 0.169. The number of nitrogens with zero attached hydrogens (tertiary/aromatic N) is 3. The lowest BCUT2D eigenvalue weighted by atomic mass is 10.0. The van der Waals surface area contributed by atoms with Crippen LogP contribution >= 0.6 is 15.9 Å². The predicted octanol–water partition coefficient (Wildman–Crippen LogP) is 4.27. The fourth-order valence-corrected chi connectivity index (χ4v) is 3.27. The Labute approximate surface area is 149 Å². The summed E-state index contributed by atoms with van der Waals surface area (Å²) in [6.45, 7) is 7.95. The van der Waals surface area contributed by atoms with Gasteiger partial charge in [-0.2, -0.15) is 9.78 Å². The van der Waals surface area contributed by atoms with Gasteiger partial charge in [0.1, 0.15) is 5.82 Å². The second-order valence-electron chi connectivity index (χ2n) is 5.99. The van der Waals surface area contributed by atoms with E-state index in [0.717, 1.165) is 21.2 Å². The Hall–Kier alpha value is -2.27. The molecule has 2 aromatic carbocycles. The molecule has 1 heterocycles. The quantitative estimate of drug-likeness (QED) is 0.620. The molecule has 0 radical (unpaired) electrons. The second kappa shape index (κ2) is 6.32. The van der Waals surface area contributed by atoms with Crippen molar-refractivity contribution in [1.29, 1.82) is 0 Å². The standard InChI is InChI=1S/C19H18BrN3O/c1-11-7-12(2)17(13(3)8-11)10-21-23-14(4)22-18-6-5-15(20)9-16(18)19(23)24/h5-10H,1-4H3. The molecule has 3 aromatic rings. The first-order chi connectivity index (χ1) is 11.4. The number of rotatable bonds is 2. The molecule has 0 amide bonds.